The Morgan fingerprint density at radius 3 is 2.76 bits per heavy atom. The number of aromatic nitrogens is 1. The number of amides is 3. The summed E-state index contributed by atoms with van der Waals surface area (Å²) >= 11 is 1.65. The normalized spacial score (nSPS) is 25.0. The van der Waals surface area contributed by atoms with E-state index in [9.17, 15) is 14.4 Å². The summed E-state index contributed by atoms with van der Waals surface area (Å²) < 4.78 is 0. The molecule has 2 aliphatic rings. The molecule has 0 aromatic carbocycles. The molecule has 3 amide bonds. The van der Waals surface area contributed by atoms with Gasteiger partial charge in [0.2, 0.25) is 0 Å². The number of hydrogen-bond donors (Lipinski definition) is 2. The van der Waals surface area contributed by atoms with Gasteiger partial charge in [-0.3, -0.25) is 14.5 Å². The number of nitrogens with zero attached hydrogens (tertiary/aromatic N) is 1. The van der Waals surface area contributed by atoms with Crippen LogP contribution in [-0.4, -0.2) is 51.2 Å². The predicted octanol–water partition coefficient (Wildman–Crippen LogP) is 1.24. The lowest BCUT2D eigenvalue weighted by Gasteiger charge is -2.18. The summed E-state index contributed by atoms with van der Waals surface area (Å²) in [7, 11) is 0. The molecule has 1 aromatic heterocycles. The molecule has 0 bridgehead atoms. The molecule has 2 aliphatic heterocycles. The molecule has 3 rings (SSSR count). The minimum atomic E-state index is -0.787. The number of urea groups is 1. The first-order valence-corrected chi connectivity index (χ1v) is 8.00. The summed E-state index contributed by atoms with van der Waals surface area (Å²) in [6.07, 6.45) is 0.634. The molecule has 112 valence electrons. The maximum absolute atomic E-state index is 12.5. The Morgan fingerprint density at radius 2 is 2.19 bits per heavy atom. The third-order valence-electron chi connectivity index (χ3n) is 4.02. The molecular formula is C14H17N3O3S. The summed E-state index contributed by atoms with van der Waals surface area (Å²) in [6, 6.07) is 1.29. The van der Waals surface area contributed by atoms with Crippen molar-refractivity contribution >= 4 is 29.5 Å². The molecule has 0 radical (unpaired) electrons. The number of hydrogen-bond acceptors (Lipinski definition) is 4. The van der Waals surface area contributed by atoms with Gasteiger partial charge in [-0.25, -0.2) is 4.79 Å². The van der Waals surface area contributed by atoms with E-state index in [4.69, 9.17) is 0 Å². The van der Waals surface area contributed by atoms with Crippen molar-refractivity contribution in [2.75, 3.05) is 18.1 Å². The molecule has 1 unspecified atom stereocenters. The molecule has 0 saturated carbocycles. The van der Waals surface area contributed by atoms with E-state index in [0.717, 1.165) is 22.0 Å². The predicted molar refractivity (Wildman–Crippen MR) is 79.5 cm³/mol. The van der Waals surface area contributed by atoms with Crippen LogP contribution in [0.2, 0.25) is 0 Å². The number of rotatable bonds is 3. The number of imide groups is 1. The smallest absolute Gasteiger partial charge is 0.325 e. The van der Waals surface area contributed by atoms with Crippen LogP contribution in [0, 0.1) is 13.8 Å². The zero-order chi connectivity index (χ0) is 15.2. The molecule has 1 spiro atoms. The minimum Gasteiger partial charge on any atom is -0.362 e. The zero-order valence-corrected chi connectivity index (χ0v) is 12.8. The minimum absolute atomic E-state index is 0.199. The summed E-state index contributed by atoms with van der Waals surface area (Å²) in [5.41, 5.74) is 1.40. The maximum atomic E-state index is 12.5. The van der Waals surface area contributed by atoms with E-state index in [1.54, 1.807) is 24.8 Å². The Morgan fingerprint density at radius 1 is 1.43 bits per heavy atom. The van der Waals surface area contributed by atoms with Crippen LogP contribution in [0.25, 0.3) is 0 Å². The van der Waals surface area contributed by atoms with E-state index < -0.39 is 11.6 Å². The highest BCUT2D eigenvalue weighted by Crippen LogP contribution is 2.33. The van der Waals surface area contributed by atoms with Crippen LogP contribution in [0.15, 0.2) is 6.07 Å². The Hall–Kier alpha value is -1.76. The number of ketones is 1. The van der Waals surface area contributed by atoms with E-state index in [2.05, 4.69) is 10.3 Å². The summed E-state index contributed by atoms with van der Waals surface area (Å²) in [5, 5.41) is 2.76. The number of aryl methyl sites for hydroxylation is 2. The number of nitrogens with one attached hydrogen (secondary N) is 2. The second-order valence-corrected chi connectivity index (χ2v) is 6.73. The lowest BCUT2D eigenvalue weighted by atomic mass is 9.99. The number of carbonyl (C=O) groups is 3. The van der Waals surface area contributed by atoms with Crippen LogP contribution >= 0.6 is 11.8 Å². The molecule has 2 N–H and O–H groups in total. The molecule has 1 aromatic rings. The van der Waals surface area contributed by atoms with Gasteiger partial charge in [0.25, 0.3) is 5.91 Å². The first-order chi connectivity index (χ1) is 9.93. The van der Waals surface area contributed by atoms with Crippen LogP contribution in [0.3, 0.4) is 0 Å². The van der Waals surface area contributed by atoms with Gasteiger partial charge < -0.3 is 10.3 Å². The lowest BCUT2D eigenvalue weighted by molar-refractivity contribution is -0.130. The first kappa shape index (κ1) is 14.2. The highest BCUT2D eigenvalue weighted by atomic mass is 32.2. The maximum Gasteiger partial charge on any atom is 0.325 e. The van der Waals surface area contributed by atoms with Crippen LogP contribution in [0.1, 0.15) is 28.2 Å². The highest BCUT2D eigenvalue weighted by Gasteiger charge is 2.53. The van der Waals surface area contributed by atoms with Crippen molar-refractivity contribution in [1.82, 2.24) is 15.2 Å². The number of carbonyl (C=O) groups excluding carboxylic acids is 3. The molecular weight excluding hydrogens is 290 g/mol. The van der Waals surface area contributed by atoms with Crippen molar-refractivity contribution < 1.29 is 14.4 Å². The fourth-order valence-corrected chi connectivity index (χ4v) is 4.22. The molecule has 3 heterocycles. The lowest BCUT2D eigenvalue weighted by Crippen LogP contribution is -2.47. The van der Waals surface area contributed by atoms with Gasteiger partial charge in [0.05, 0.1) is 6.54 Å². The summed E-state index contributed by atoms with van der Waals surface area (Å²) in [5.74, 6) is 0.952. The van der Waals surface area contributed by atoms with Crippen LogP contribution < -0.4 is 5.32 Å². The van der Waals surface area contributed by atoms with Crippen LogP contribution in [0.4, 0.5) is 4.79 Å². The molecule has 0 aliphatic carbocycles. The average Bonchev–Trinajstić information content (AvgIpc) is 3.07. The number of Topliss-reactive ketones (excluding diaryl/α,β-unsaturated/α-hetero) is 1. The van der Waals surface area contributed by atoms with Gasteiger partial charge >= 0.3 is 6.03 Å². The van der Waals surface area contributed by atoms with Crippen molar-refractivity contribution in [1.29, 1.82) is 0 Å². The SMILES string of the molecule is Cc1cc(C(=O)CN2C(=O)NC3(CCSC3)C2=O)c(C)[nH]1. The van der Waals surface area contributed by atoms with Gasteiger partial charge in [-0.1, -0.05) is 0 Å². The number of H-pyrrole nitrogens is 1. The zero-order valence-electron chi connectivity index (χ0n) is 12.0. The van der Waals surface area contributed by atoms with Gasteiger partial charge in [0.1, 0.15) is 5.54 Å². The van der Waals surface area contributed by atoms with Gasteiger partial charge in [0, 0.05) is 22.7 Å². The molecule has 1 atom stereocenters. The van der Waals surface area contributed by atoms with Crippen molar-refractivity contribution in [3.05, 3.63) is 23.0 Å². The number of thioether (sulfide) groups is 1. The first-order valence-electron chi connectivity index (χ1n) is 6.84. The Labute approximate surface area is 126 Å². The van der Waals surface area contributed by atoms with Gasteiger partial charge in [-0.05, 0) is 32.1 Å². The third kappa shape index (κ3) is 2.25. The highest BCUT2D eigenvalue weighted by molar-refractivity contribution is 7.99. The largest absolute Gasteiger partial charge is 0.362 e. The Kier molecular flexibility index (Phi) is 3.32. The molecule has 6 nitrogen and oxygen atoms in total. The van der Waals surface area contributed by atoms with Crippen molar-refractivity contribution in [2.45, 2.75) is 25.8 Å². The monoisotopic (exact) mass is 307 g/mol. The second-order valence-electron chi connectivity index (χ2n) is 5.62. The Bertz CT molecular complexity index is 631. The van der Waals surface area contributed by atoms with Gasteiger partial charge in [0.15, 0.2) is 5.78 Å². The molecule has 2 saturated heterocycles. The van der Waals surface area contributed by atoms with E-state index in [0.29, 0.717) is 17.7 Å². The standard InChI is InChI=1S/C14H17N3O3S/c1-8-5-10(9(2)15-8)11(18)6-17-12(19)14(16-13(17)20)3-4-21-7-14/h5,15H,3-4,6-7H2,1-2H3,(H,16,20). The van der Waals surface area contributed by atoms with E-state index in [1.165, 1.54) is 0 Å². The van der Waals surface area contributed by atoms with Crippen LogP contribution in [0.5, 0.6) is 0 Å². The molecule has 21 heavy (non-hydrogen) atoms. The number of aromatic amines is 1. The molecule has 7 heteroatoms. The van der Waals surface area contributed by atoms with Gasteiger partial charge in [-0.2, -0.15) is 11.8 Å². The van der Waals surface area contributed by atoms with Crippen molar-refractivity contribution in [3.63, 3.8) is 0 Å². The fraction of sp³-hybridized carbons (Fsp3) is 0.500. The summed E-state index contributed by atoms with van der Waals surface area (Å²) in [6.45, 7) is 3.47. The van der Waals surface area contributed by atoms with E-state index >= 15 is 0 Å². The van der Waals surface area contributed by atoms with Gasteiger partial charge in [-0.15, -0.1) is 0 Å². The van der Waals surface area contributed by atoms with E-state index in [-0.39, 0.29) is 18.2 Å². The quantitative estimate of drug-likeness (QED) is 0.650. The molecule has 2 fully saturated rings. The Balaban J connectivity index is 1.79. The topological polar surface area (TPSA) is 82.3 Å². The van der Waals surface area contributed by atoms with Crippen LogP contribution in [-0.2, 0) is 4.79 Å². The third-order valence-corrected chi connectivity index (χ3v) is 5.21. The second kappa shape index (κ2) is 4.91. The van der Waals surface area contributed by atoms with Crippen molar-refractivity contribution in [3.8, 4) is 0 Å². The average molecular weight is 307 g/mol. The summed E-state index contributed by atoms with van der Waals surface area (Å²) in [4.78, 5) is 40.9. The van der Waals surface area contributed by atoms with Crippen molar-refractivity contribution in [2.24, 2.45) is 0 Å². The van der Waals surface area contributed by atoms with E-state index in [1.807, 2.05) is 6.92 Å². The fourth-order valence-electron chi connectivity index (χ4n) is 2.89.